The summed E-state index contributed by atoms with van der Waals surface area (Å²) in [4.78, 5) is 24.1. The third kappa shape index (κ3) is 3.89. The maximum atomic E-state index is 12.2. The standard InChI is InChI=1S/C24H18O6/c1-28-21-12-15(6-9-19(21)25)7-11-22(26)29-14-17-13-23(27)30-20-10-8-16-4-2-3-5-18(16)24(17)20/h2-13,25H,14H2,1H3/b11-7+. The first kappa shape index (κ1) is 19.3. The van der Waals surface area contributed by atoms with Crippen LogP contribution in [0.1, 0.15) is 11.1 Å². The van der Waals surface area contributed by atoms with Crippen LogP contribution in [0.25, 0.3) is 27.8 Å². The fraction of sp³-hybridized carbons (Fsp3) is 0.0833. The maximum absolute atomic E-state index is 12.2. The summed E-state index contributed by atoms with van der Waals surface area (Å²) in [7, 11) is 1.45. The van der Waals surface area contributed by atoms with Gasteiger partial charge in [0.1, 0.15) is 12.2 Å². The predicted molar refractivity (Wildman–Crippen MR) is 113 cm³/mol. The summed E-state index contributed by atoms with van der Waals surface area (Å²) in [5.74, 6) is -0.247. The first-order valence-corrected chi connectivity index (χ1v) is 9.21. The minimum Gasteiger partial charge on any atom is -0.504 e. The van der Waals surface area contributed by atoms with Crippen LogP contribution in [0.15, 0.2) is 76.0 Å². The van der Waals surface area contributed by atoms with E-state index in [4.69, 9.17) is 13.9 Å². The van der Waals surface area contributed by atoms with Crippen LogP contribution >= 0.6 is 0 Å². The first-order valence-electron chi connectivity index (χ1n) is 9.21. The average molecular weight is 402 g/mol. The Balaban J connectivity index is 1.58. The van der Waals surface area contributed by atoms with Gasteiger partial charge >= 0.3 is 11.6 Å². The molecule has 30 heavy (non-hydrogen) atoms. The van der Waals surface area contributed by atoms with Crippen molar-refractivity contribution >= 4 is 33.8 Å². The van der Waals surface area contributed by atoms with Gasteiger partial charge < -0.3 is 19.0 Å². The van der Waals surface area contributed by atoms with E-state index in [1.54, 1.807) is 24.3 Å². The molecule has 0 bridgehead atoms. The van der Waals surface area contributed by atoms with E-state index in [0.29, 0.717) is 22.5 Å². The summed E-state index contributed by atoms with van der Waals surface area (Å²) in [6.45, 7) is -0.0713. The van der Waals surface area contributed by atoms with Gasteiger partial charge in [-0.3, -0.25) is 0 Å². The molecule has 6 heteroatoms. The Morgan fingerprint density at radius 1 is 1.10 bits per heavy atom. The third-order valence-electron chi connectivity index (χ3n) is 4.70. The summed E-state index contributed by atoms with van der Waals surface area (Å²) in [5.41, 5.74) is 1.18. The van der Waals surface area contributed by atoms with Crippen molar-refractivity contribution in [3.8, 4) is 11.5 Å². The Kier molecular flexibility index (Phi) is 5.22. The molecule has 3 aromatic carbocycles. The lowest BCUT2D eigenvalue weighted by Crippen LogP contribution is -2.06. The summed E-state index contributed by atoms with van der Waals surface area (Å²) < 4.78 is 15.7. The van der Waals surface area contributed by atoms with Crippen LogP contribution in [-0.4, -0.2) is 18.2 Å². The predicted octanol–water partition coefficient (Wildman–Crippen LogP) is 4.42. The van der Waals surface area contributed by atoms with Crippen LogP contribution in [-0.2, 0) is 16.1 Å². The SMILES string of the molecule is COc1cc(/C=C/C(=O)OCc2cc(=O)oc3ccc4ccccc4c23)ccc1O. The molecule has 0 atom stereocenters. The van der Waals surface area contributed by atoms with E-state index in [0.717, 1.165) is 16.2 Å². The van der Waals surface area contributed by atoms with E-state index in [9.17, 15) is 14.7 Å². The molecule has 4 rings (SSSR count). The van der Waals surface area contributed by atoms with Crippen molar-refractivity contribution in [1.82, 2.24) is 0 Å². The molecular weight excluding hydrogens is 384 g/mol. The number of methoxy groups -OCH3 is 1. The molecule has 150 valence electrons. The van der Waals surface area contributed by atoms with Crippen LogP contribution in [0.2, 0.25) is 0 Å². The molecule has 0 aliphatic rings. The minimum atomic E-state index is -0.566. The zero-order valence-corrected chi connectivity index (χ0v) is 16.1. The number of ether oxygens (including phenoxy) is 2. The summed E-state index contributed by atoms with van der Waals surface area (Å²) in [5, 5.41) is 12.3. The van der Waals surface area contributed by atoms with Gasteiger partial charge in [-0.05, 0) is 40.6 Å². The molecule has 0 aliphatic carbocycles. The Hall–Kier alpha value is -4.06. The average Bonchev–Trinajstić information content (AvgIpc) is 2.76. The van der Waals surface area contributed by atoms with E-state index >= 15 is 0 Å². The number of rotatable bonds is 5. The highest BCUT2D eigenvalue weighted by atomic mass is 16.5. The van der Waals surface area contributed by atoms with Crippen LogP contribution in [0.4, 0.5) is 0 Å². The Morgan fingerprint density at radius 2 is 1.93 bits per heavy atom. The second-order valence-electron chi connectivity index (χ2n) is 6.62. The van der Waals surface area contributed by atoms with E-state index in [-0.39, 0.29) is 12.4 Å². The molecule has 0 unspecified atom stereocenters. The number of hydrogen-bond acceptors (Lipinski definition) is 6. The van der Waals surface area contributed by atoms with Crippen LogP contribution in [0, 0.1) is 0 Å². The van der Waals surface area contributed by atoms with E-state index in [2.05, 4.69) is 0 Å². The fourth-order valence-electron chi connectivity index (χ4n) is 3.29. The molecule has 0 radical (unpaired) electrons. The summed E-state index contributed by atoms with van der Waals surface area (Å²) in [6.07, 6.45) is 2.83. The van der Waals surface area contributed by atoms with Gasteiger partial charge in [-0.2, -0.15) is 0 Å². The van der Waals surface area contributed by atoms with Crippen LogP contribution < -0.4 is 10.4 Å². The van der Waals surface area contributed by atoms with Gasteiger partial charge in [-0.1, -0.05) is 36.4 Å². The highest BCUT2D eigenvalue weighted by Crippen LogP contribution is 2.28. The Labute approximate surface area is 171 Å². The van der Waals surface area contributed by atoms with Crippen molar-refractivity contribution in [2.75, 3.05) is 7.11 Å². The molecule has 0 saturated carbocycles. The van der Waals surface area contributed by atoms with E-state index < -0.39 is 11.6 Å². The maximum Gasteiger partial charge on any atom is 0.336 e. The van der Waals surface area contributed by atoms with Gasteiger partial charge in [0, 0.05) is 23.1 Å². The van der Waals surface area contributed by atoms with Crippen molar-refractivity contribution in [1.29, 1.82) is 0 Å². The number of aromatic hydroxyl groups is 1. The van der Waals surface area contributed by atoms with Gasteiger partial charge in [0.2, 0.25) is 0 Å². The van der Waals surface area contributed by atoms with Gasteiger partial charge in [-0.15, -0.1) is 0 Å². The molecule has 6 nitrogen and oxygen atoms in total. The zero-order chi connectivity index (χ0) is 21.1. The molecule has 0 saturated heterocycles. The smallest absolute Gasteiger partial charge is 0.336 e. The van der Waals surface area contributed by atoms with Crippen molar-refractivity contribution in [2.45, 2.75) is 6.61 Å². The number of hydrogen-bond donors (Lipinski definition) is 1. The highest BCUT2D eigenvalue weighted by Gasteiger charge is 2.11. The Bertz CT molecular complexity index is 1330. The summed E-state index contributed by atoms with van der Waals surface area (Å²) in [6, 6.07) is 17.4. The molecule has 1 heterocycles. The number of phenols is 1. The molecule has 1 aromatic heterocycles. The number of carbonyl (C=O) groups excluding carboxylic acids is 1. The lowest BCUT2D eigenvalue weighted by molar-refractivity contribution is -0.138. The van der Waals surface area contributed by atoms with Crippen LogP contribution in [0.5, 0.6) is 11.5 Å². The minimum absolute atomic E-state index is 0.0132. The second kappa shape index (κ2) is 8.13. The van der Waals surface area contributed by atoms with Crippen molar-refractivity contribution in [2.24, 2.45) is 0 Å². The largest absolute Gasteiger partial charge is 0.504 e. The van der Waals surface area contributed by atoms with E-state index in [1.165, 1.54) is 25.3 Å². The van der Waals surface area contributed by atoms with Crippen molar-refractivity contribution < 1.29 is 23.8 Å². The molecule has 1 N–H and O–H groups in total. The number of fused-ring (bicyclic) bond motifs is 3. The molecule has 0 spiro atoms. The topological polar surface area (TPSA) is 86.0 Å². The van der Waals surface area contributed by atoms with Gasteiger partial charge in [0.05, 0.1) is 7.11 Å². The monoisotopic (exact) mass is 402 g/mol. The van der Waals surface area contributed by atoms with Crippen LogP contribution in [0.3, 0.4) is 0 Å². The molecule has 0 aliphatic heterocycles. The number of phenolic OH excluding ortho intramolecular Hbond substituents is 1. The lowest BCUT2D eigenvalue weighted by Gasteiger charge is -2.09. The first-order chi connectivity index (χ1) is 14.5. The number of esters is 1. The van der Waals surface area contributed by atoms with Crippen molar-refractivity contribution in [3.63, 3.8) is 0 Å². The third-order valence-corrected chi connectivity index (χ3v) is 4.70. The highest BCUT2D eigenvalue weighted by molar-refractivity contribution is 6.07. The van der Waals surface area contributed by atoms with E-state index in [1.807, 2.05) is 30.3 Å². The normalized spacial score (nSPS) is 11.2. The van der Waals surface area contributed by atoms with Gasteiger partial charge in [0.25, 0.3) is 0 Å². The number of benzene rings is 3. The molecule has 4 aromatic rings. The van der Waals surface area contributed by atoms with Gasteiger partial charge in [-0.25, -0.2) is 9.59 Å². The summed E-state index contributed by atoms with van der Waals surface area (Å²) >= 11 is 0. The van der Waals surface area contributed by atoms with Gasteiger partial charge in [0.15, 0.2) is 11.5 Å². The number of carbonyl (C=O) groups is 1. The lowest BCUT2D eigenvalue weighted by atomic mass is 10.0. The zero-order valence-electron chi connectivity index (χ0n) is 16.1. The van der Waals surface area contributed by atoms with Crippen molar-refractivity contribution in [3.05, 3.63) is 88.3 Å². The quantitative estimate of drug-likeness (QED) is 0.230. The molecule has 0 amide bonds. The second-order valence-corrected chi connectivity index (χ2v) is 6.62. The molecule has 0 fully saturated rings. The Morgan fingerprint density at radius 3 is 2.77 bits per heavy atom. The molecular formula is C24H18O6. The fourth-order valence-corrected chi connectivity index (χ4v) is 3.29.